The molecule has 2 rings (SSSR count). The van der Waals surface area contributed by atoms with E-state index in [0.29, 0.717) is 5.02 Å². The van der Waals surface area contributed by atoms with Gasteiger partial charge >= 0.3 is 5.97 Å². The first-order chi connectivity index (χ1) is 7.75. The maximum absolute atomic E-state index is 11.7. The minimum atomic E-state index is -0.366. The van der Waals surface area contributed by atoms with Crippen LogP contribution in [-0.2, 0) is 4.74 Å². The van der Waals surface area contributed by atoms with E-state index in [2.05, 4.69) is 4.98 Å². The van der Waals surface area contributed by atoms with Crippen molar-refractivity contribution in [3.8, 4) is 0 Å². The Balaban J connectivity index is 1.97. The quantitative estimate of drug-likeness (QED) is 0.744. The average Bonchev–Trinajstić information content (AvgIpc) is 2.30. The molecule has 1 aromatic heterocycles. The van der Waals surface area contributed by atoms with Gasteiger partial charge in [0, 0.05) is 11.2 Å². The third-order valence-corrected chi connectivity index (χ3v) is 2.99. The predicted molar refractivity (Wildman–Crippen MR) is 61.5 cm³/mol. The summed E-state index contributed by atoms with van der Waals surface area (Å²) in [6.07, 6.45) is 7.02. The minimum Gasteiger partial charge on any atom is -0.458 e. The summed E-state index contributed by atoms with van der Waals surface area (Å²) in [6, 6.07) is 3.17. The van der Waals surface area contributed by atoms with Crippen molar-refractivity contribution in [2.45, 2.75) is 38.2 Å². The molecule has 0 saturated heterocycles. The topological polar surface area (TPSA) is 39.2 Å². The normalized spacial score (nSPS) is 17.1. The Labute approximate surface area is 99.8 Å². The third-order valence-electron chi connectivity index (χ3n) is 2.76. The summed E-state index contributed by atoms with van der Waals surface area (Å²) in [5.74, 6) is -0.366. The number of hydrogen-bond acceptors (Lipinski definition) is 3. The molecule has 0 aliphatic heterocycles. The maximum Gasteiger partial charge on any atom is 0.357 e. The van der Waals surface area contributed by atoms with Crippen molar-refractivity contribution < 1.29 is 9.53 Å². The molecule has 4 heteroatoms. The van der Waals surface area contributed by atoms with Crippen LogP contribution in [0, 0.1) is 0 Å². The van der Waals surface area contributed by atoms with Crippen molar-refractivity contribution in [3.05, 3.63) is 29.0 Å². The van der Waals surface area contributed by atoms with Gasteiger partial charge < -0.3 is 4.74 Å². The Bertz CT molecular complexity index is 375. The molecular weight excluding hydrogens is 226 g/mol. The molecule has 0 N–H and O–H groups in total. The van der Waals surface area contributed by atoms with E-state index in [9.17, 15) is 4.79 Å². The van der Waals surface area contributed by atoms with Crippen molar-refractivity contribution in [1.29, 1.82) is 0 Å². The van der Waals surface area contributed by atoms with Crippen LogP contribution in [0.15, 0.2) is 18.3 Å². The van der Waals surface area contributed by atoms with Crippen LogP contribution in [0.4, 0.5) is 0 Å². The summed E-state index contributed by atoms with van der Waals surface area (Å²) in [5.41, 5.74) is 0.290. The largest absolute Gasteiger partial charge is 0.458 e. The molecule has 1 saturated carbocycles. The van der Waals surface area contributed by atoms with E-state index in [1.807, 2.05) is 0 Å². The molecular formula is C12H14ClNO2. The molecule has 1 heterocycles. The van der Waals surface area contributed by atoms with Crippen LogP contribution >= 0.6 is 11.6 Å². The summed E-state index contributed by atoms with van der Waals surface area (Å²) < 4.78 is 5.37. The van der Waals surface area contributed by atoms with Crippen molar-refractivity contribution in [2.24, 2.45) is 0 Å². The van der Waals surface area contributed by atoms with Crippen LogP contribution in [0.1, 0.15) is 42.6 Å². The van der Waals surface area contributed by atoms with E-state index < -0.39 is 0 Å². The van der Waals surface area contributed by atoms with Crippen molar-refractivity contribution in [2.75, 3.05) is 0 Å². The second-order valence-corrected chi connectivity index (χ2v) is 4.46. The molecule has 1 aliphatic carbocycles. The maximum atomic E-state index is 11.7. The monoisotopic (exact) mass is 239 g/mol. The molecule has 3 nitrogen and oxygen atoms in total. The Morgan fingerprint density at radius 3 is 2.81 bits per heavy atom. The Morgan fingerprint density at radius 2 is 2.12 bits per heavy atom. The van der Waals surface area contributed by atoms with Gasteiger partial charge in [0.1, 0.15) is 11.8 Å². The van der Waals surface area contributed by atoms with E-state index in [4.69, 9.17) is 16.3 Å². The zero-order valence-corrected chi connectivity index (χ0v) is 9.74. The lowest BCUT2D eigenvalue weighted by Crippen LogP contribution is -2.21. The molecule has 0 aromatic carbocycles. The number of rotatable bonds is 2. The molecule has 86 valence electrons. The van der Waals surface area contributed by atoms with Gasteiger partial charge in [-0.15, -0.1) is 0 Å². The van der Waals surface area contributed by atoms with Crippen LogP contribution in [0.2, 0.25) is 5.02 Å². The Morgan fingerprint density at radius 1 is 1.38 bits per heavy atom. The van der Waals surface area contributed by atoms with Crippen LogP contribution in [0.3, 0.4) is 0 Å². The highest BCUT2D eigenvalue weighted by Gasteiger charge is 2.19. The van der Waals surface area contributed by atoms with Gasteiger partial charge in [-0.05, 0) is 37.8 Å². The number of hydrogen-bond donors (Lipinski definition) is 0. The highest BCUT2D eigenvalue weighted by Crippen LogP contribution is 2.21. The van der Waals surface area contributed by atoms with E-state index in [1.54, 1.807) is 6.07 Å². The van der Waals surface area contributed by atoms with Gasteiger partial charge in [0.05, 0.1) is 0 Å². The summed E-state index contributed by atoms with van der Waals surface area (Å²) in [7, 11) is 0. The smallest absolute Gasteiger partial charge is 0.357 e. The lowest BCUT2D eigenvalue weighted by atomic mass is 9.98. The zero-order chi connectivity index (χ0) is 11.4. The van der Waals surface area contributed by atoms with Crippen LogP contribution in [0.25, 0.3) is 0 Å². The van der Waals surface area contributed by atoms with Gasteiger partial charge in [0.2, 0.25) is 0 Å². The fourth-order valence-electron chi connectivity index (χ4n) is 1.91. The zero-order valence-electron chi connectivity index (χ0n) is 8.99. The van der Waals surface area contributed by atoms with Crippen molar-refractivity contribution in [3.63, 3.8) is 0 Å². The molecule has 0 amide bonds. The molecule has 1 aromatic rings. The first-order valence-electron chi connectivity index (χ1n) is 5.58. The highest BCUT2D eigenvalue weighted by atomic mass is 35.5. The fraction of sp³-hybridized carbons (Fsp3) is 0.500. The SMILES string of the molecule is O=C(OC1CCCCC1)c1cc(Cl)ccn1. The number of carbonyl (C=O) groups excluding carboxylic acids is 1. The van der Waals surface area contributed by atoms with Gasteiger partial charge in [-0.2, -0.15) is 0 Å². The summed E-state index contributed by atoms with van der Waals surface area (Å²) in [5, 5.41) is 0.505. The van der Waals surface area contributed by atoms with Crippen molar-refractivity contribution in [1.82, 2.24) is 4.98 Å². The first-order valence-corrected chi connectivity index (χ1v) is 5.96. The second-order valence-electron chi connectivity index (χ2n) is 4.02. The molecule has 16 heavy (non-hydrogen) atoms. The van der Waals surface area contributed by atoms with Crippen LogP contribution < -0.4 is 0 Å². The number of nitrogens with zero attached hydrogens (tertiary/aromatic N) is 1. The van der Waals surface area contributed by atoms with E-state index in [0.717, 1.165) is 25.7 Å². The molecule has 0 bridgehead atoms. The average molecular weight is 240 g/mol. The molecule has 1 aliphatic rings. The third kappa shape index (κ3) is 2.95. The number of halogens is 1. The first kappa shape index (κ1) is 11.4. The number of ether oxygens (including phenoxy) is 1. The van der Waals surface area contributed by atoms with Gasteiger partial charge in [0.15, 0.2) is 0 Å². The molecule has 0 unspecified atom stereocenters. The summed E-state index contributed by atoms with van der Waals surface area (Å²) >= 11 is 5.78. The fourth-order valence-corrected chi connectivity index (χ4v) is 2.07. The molecule has 0 atom stereocenters. The van der Waals surface area contributed by atoms with E-state index in [1.165, 1.54) is 18.7 Å². The summed E-state index contributed by atoms with van der Waals surface area (Å²) in [6.45, 7) is 0. The Kier molecular flexibility index (Phi) is 3.78. The standard InChI is InChI=1S/C12H14ClNO2/c13-9-6-7-14-11(8-9)12(15)16-10-4-2-1-3-5-10/h6-8,10H,1-5H2. The van der Waals surface area contributed by atoms with Crippen LogP contribution in [0.5, 0.6) is 0 Å². The number of carbonyl (C=O) groups is 1. The molecule has 1 fully saturated rings. The Hall–Kier alpha value is -1.09. The van der Waals surface area contributed by atoms with E-state index >= 15 is 0 Å². The summed E-state index contributed by atoms with van der Waals surface area (Å²) in [4.78, 5) is 15.7. The van der Waals surface area contributed by atoms with Gasteiger partial charge in [0.25, 0.3) is 0 Å². The minimum absolute atomic E-state index is 0.0574. The number of esters is 1. The van der Waals surface area contributed by atoms with Gasteiger partial charge in [-0.25, -0.2) is 9.78 Å². The van der Waals surface area contributed by atoms with Gasteiger partial charge in [-0.3, -0.25) is 0 Å². The highest BCUT2D eigenvalue weighted by molar-refractivity contribution is 6.30. The van der Waals surface area contributed by atoms with Gasteiger partial charge in [-0.1, -0.05) is 18.0 Å². The van der Waals surface area contributed by atoms with Crippen molar-refractivity contribution >= 4 is 17.6 Å². The predicted octanol–water partition coefficient (Wildman–Crippen LogP) is 3.22. The second kappa shape index (κ2) is 5.30. The van der Waals surface area contributed by atoms with E-state index in [-0.39, 0.29) is 17.8 Å². The molecule has 0 spiro atoms. The lowest BCUT2D eigenvalue weighted by molar-refractivity contribution is 0.0204. The number of aromatic nitrogens is 1. The molecule has 0 radical (unpaired) electrons. The lowest BCUT2D eigenvalue weighted by Gasteiger charge is -2.21. The number of pyridine rings is 1. The van der Waals surface area contributed by atoms with Crippen LogP contribution in [-0.4, -0.2) is 17.1 Å².